The normalized spacial score (nSPS) is 12.6. The Labute approximate surface area is 227 Å². The van der Waals surface area contributed by atoms with Crippen LogP contribution in [-0.4, -0.2) is 56.6 Å². The van der Waals surface area contributed by atoms with Crippen LogP contribution in [-0.2, 0) is 10.0 Å². The smallest absolute Gasteiger partial charge is 0.310 e. The van der Waals surface area contributed by atoms with Crippen molar-refractivity contribution in [2.75, 3.05) is 47.9 Å². The van der Waals surface area contributed by atoms with Crippen LogP contribution < -0.4 is 20.1 Å². The van der Waals surface area contributed by atoms with Gasteiger partial charge in [0.15, 0.2) is 5.75 Å². The van der Waals surface area contributed by atoms with Gasteiger partial charge in [0.05, 0.1) is 46.1 Å². The van der Waals surface area contributed by atoms with Gasteiger partial charge in [-0.1, -0.05) is 19.9 Å². The van der Waals surface area contributed by atoms with Crippen LogP contribution in [0.15, 0.2) is 54.6 Å². The van der Waals surface area contributed by atoms with Gasteiger partial charge < -0.3 is 20.3 Å². The van der Waals surface area contributed by atoms with E-state index in [2.05, 4.69) is 20.3 Å². The molecule has 3 N–H and O–H groups in total. The minimum Gasteiger partial charge on any atom is -0.490 e. The first kappa shape index (κ1) is 27.9. The molecule has 0 atom stereocenters. The Kier molecular flexibility index (Phi) is 8.36. The number of hydrogen-bond acceptors (Lipinski definition) is 8. The standard InChI is InChI=1S/C27H31N5O6S/c1-4-31(5-2)13-6-14-39(36,37)30-20-9-11-22-24(17-20)28-23-15-18(7-10-21(23)27(33)29-22)19-8-12-25(32(34)35)26(16-19)38-3/h7-12,15-17,28,30H,4-6,13-14H2,1-3H3,(H,29,33). The molecule has 3 aromatic rings. The summed E-state index contributed by atoms with van der Waals surface area (Å²) in [6.45, 7) is 6.52. The molecule has 0 radical (unpaired) electrons. The highest BCUT2D eigenvalue weighted by molar-refractivity contribution is 7.92. The van der Waals surface area contributed by atoms with Crippen LogP contribution in [0.25, 0.3) is 11.1 Å². The van der Waals surface area contributed by atoms with Crippen molar-refractivity contribution in [3.63, 3.8) is 0 Å². The number of nitro benzene ring substituents is 1. The summed E-state index contributed by atoms with van der Waals surface area (Å²) in [5, 5.41) is 17.3. The molecule has 0 saturated carbocycles. The second kappa shape index (κ2) is 11.7. The van der Waals surface area contributed by atoms with Crippen molar-refractivity contribution in [1.82, 2.24) is 4.90 Å². The number of benzene rings is 3. The first-order valence-corrected chi connectivity index (χ1v) is 14.2. The first-order valence-electron chi connectivity index (χ1n) is 12.6. The van der Waals surface area contributed by atoms with Crippen molar-refractivity contribution in [2.24, 2.45) is 0 Å². The molecule has 206 valence electrons. The molecule has 11 nitrogen and oxygen atoms in total. The molecule has 1 aliphatic heterocycles. The fraction of sp³-hybridized carbons (Fsp3) is 0.296. The summed E-state index contributed by atoms with van der Waals surface area (Å²) in [6, 6.07) is 14.6. The highest BCUT2D eigenvalue weighted by Gasteiger charge is 2.22. The van der Waals surface area contributed by atoms with E-state index >= 15 is 0 Å². The van der Waals surface area contributed by atoms with Crippen LogP contribution >= 0.6 is 0 Å². The van der Waals surface area contributed by atoms with Crippen LogP contribution in [0.1, 0.15) is 30.6 Å². The summed E-state index contributed by atoms with van der Waals surface area (Å²) in [7, 11) is -2.20. The van der Waals surface area contributed by atoms with E-state index in [0.29, 0.717) is 52.4 Å². The van der Waals surface area contributed by atoms with Gasteiger partial charge in [-0.15, -0.1) is 0 Å². The van der Waals surface area contributed by atoms with E-state index in [4.69, 9.17) is 4.74 Å². The van der Waals surface area contributed by atoms with Crippen molar-refractivity contribution in [2.45, 2.75) is 20.3 Å². The molecule has 0 saturated heterocycles. The third kappa shape index (κ3) is 6.47. The quantitative estimate of drug-likeness (QED) is 0.221. The van der Waals surface area contributed by atoms with Crippen molar-refractivity contribution >= 4 is 44.4 Å². The average molecular weight is 554 g/mol. The van der Waals surface area contributed by atoms with Crippen molar-refractivity contribution in [1.29, 1.82) is 0 Å². The van der Waals surface area contributed by atoms with Gasteiger partial charge in [0.1, 0.15) is 0 Å². The highest BCUT2D eigenvalue weighted by Crippen LogP contribution is 2.38. The van der Waals surface area contributed by atoms with E-state index in [0.717, 1.165) is 13.1 Å². The molecule has 0 fully saturated rings. The van der Waals surface area contributed by atoms with Gasteiger partial charge in [-0.25, -0.2) is 8.42 Å². The second-order valence-electron chi connectivity index (χ2n) is 9.04. The molecule has 0 unspecified atom stereocenters. The van der Waals surface area contributed by atoms with Gasteiger partial charge >= 0.3 is 5.69 Å². The molecule has 1 heterocycles. The molecule has 0 aromatic heterocycles. The Morgan fingerprint density at radius 3 is 2.36 bits per heavy atom. The molecule has 3 aromatic carbocycles. The van der Waals surface area contributed by atoms with Crippen molar-refractivity contribution in [3.05, 3.63) is 70.3 Å². The predicted molar refractivity (Wildman–Crippen MR) is 153 cm³/mol. The fourth-order valence-electron chi connectivity index (χ4n) is 4.44. The first-order chi connectivity index (χ1) is 18.6. The number of nitro groups is 1. The van der Waals surface area contributed by atoms with Crippen LogP contribution in [0.5, 0.6) is 5.75 Å². The van der Waals surface area contributed by atoms with Gasteiger partial charge in [-0.05, 0) is 79.6 Å². The number of methoxy groups -OCH3 is 1. The number of hydrogen-bond donors (Lipinski definition) is 3. The molecular weight excluding hydrogens is 522 g/mol. The lowest BCUT2D eigenvalue weighted by atomic mass is 10.0. The minimum absolute atomic E-state index is 0.00432. The topological polar surface area (TPSA) is 143 Å². The Bertz CT molecular complexity index is 1500. The van der Waals surface area contributed by atoms with Crippen LogP contribution in [0.2, 0.25) is 0 Å². The lowest BCUT2D eigenvalue weighted by Crippen LogP contribution is -2.27. The van der Waals surface area contributed by atoms with E-state index in [-0.39, 0.29) is 23.1 Å². The Morgan fingerprint density at radius 1 is 0.949 bits per heavy atom. The zero-order chi connectivity index (χ0) is 28.2. The number of carbonyl (C=O) groups excluding carboxylic acids is 1. The van der Waals surface area contributed by atoms with Gasteiger partial charge in [-0.2, -0.15) is 0 Å². The zero-order valence-corrected chi connectivity index (χ0v) is 22.8. The number of nitrogens with one attached hydrogen (secondary N) is 3. The number of nitrogens with zero attached hydrogens (tertiary/aromatic N) is 2. The van der Waals surface area contributed by atoms with Crippen molar-refractivity contribution < 1.29 is 22.9 Å². The molecule has 4 rings (SSSR count). The molecule has 0 aliphatic carbocycles. The summed E-state index contributed by atoms with van der Waals surface area (Å²) >= 11 is 0. The van der Waals surface area contributed by atoms with Gasteiger partial charge in [0.25, 0.3) is 5.91 Å². The molecule has 1 amide bonds. The molecule has 0 spiro atoms. The molecule has 39 heavy (non-hydrogen) atoms. The zero-order valence-electron chi connectivity index (χ0n) is 22.0. The maximum atomic E-state index is 12.9. The molecule has 12 heteroatoms. The van der Waals surface area contributed by atoms with Crippen LogP contribution in [0, 0.1) is 10.1 Å². The largest absolute Gasteiger partial charge is 0.490 e. The van der Waals surface area contributed by atoms with Gasteiger partial charge in [-0.3, -0.25) is 19.6 Å². The van der Waals surface area contributed by atoms with Crippen molar-refractivity contribution in [3.8, 4) is 16.9 Å². The number of ether oxygens (including phenoxy) is 1. The van der Waals surface area contributed by atoms with Crippen LogP contribution in [0.4, 0.5) is 28.4 Å². The Morgan fingerprint density at radius 2 is 1.67 bits per heavy atom. The van der Waals surface area contributed by atoms with E-state index in [1.54, 1.807) is 48.5 Å². The highest BCUT2D eigenvalue weighted by atomic mass is 32.2. The third-order valence-corrected chi connectivity index (χ3v) is 7.94. The molecule has 1 aliphatic rings. The van der Waals surface area contributed by atoms with E-state index in [1.807, 2.05) is 13.8 Å². The van der Waals surface area contributed by atoms with Crippen LogP contribution in [0.3, 0.4) is 0 Å². The molecule has 0 bridgehead atoms. The van der Waals surface area contributed by atoms with Gasteiger partial charge in [0, 0.05) is 6.07 Å². The number of sulfonamides is 1. The number of rotatable bonds is 11. The lowest BCUT2D eigenvalue weighted by molar-refractivity contribution is -0.385. The third-order valence-electron chi connectivity index (χ3n) is 6.57. The average Bonchev–Trinajstić information content (AvgIpc) is 3.05. The number of amides is 1. The van der Waals surface area contributed by atoms with Gasteiger partial charge in [0.2, 0.25) is 10.0 Å². The lowest BCUT2D eigenvalue weighted by Gasteiger charge is -2.18. The number of carbonyl (C=O) groups is 1. The summed E-state index contributed by atoms with van der Waals surface area (Å²) in [6.07, 6.45) is 0.514. The van der Waals surface area contributed by atoms with E-state index in [9.17, 15) is 23.3 Å². The predicted octanol–water partition coefficient (Wildman–Crippen LogP) is 5.05. The van der Waals surface area contributed by atoms with E-state index < -0.39 is 14.9 Å². The summed E-state index contributed by atoms with van der Waals surface area (Å²) in [4.78, 5) is 25.8. The second-order valence-corrected chi connectivity index (χ2v) is 10.9. The Hall–Kier alpha value is -4.16. The summed E-state index contributed by atoms with van der Waals surface area (Å²) in [5.41, 5.74) is 3.50. The van der Waals surface area contributed by atoms with E-state index in [1.165, 1.54) is 13.2 Å². The summed E-state index contributed by atoms with van der Waals surface area (Å²) < 4.78 is 33.2. The maximum absolute atomic E-state index is 12.9. The Balaban J connectivity index is 1.58. The SMILES string of the molecule is CCN(CC)CCCS(=O)(=O)Nc1ccc2c(c1)Nc1cc(-c3ccc([N+](=O)[O-])c(OC)c3)ccc1C(=O)N2. The molecular formula is C27H31N5O6S. The minimum atomic E-state index is -3.56. The number of anilines is 4. The maximum Gasteiger partial charge on any atom is 0.310 e. The monoisotopic (exact) mass is 553 g/mol. The fourth-order valence-corrected chi connectivity index (χ4v) is 5.53. The number of fused-ring (bicyclic) bond motifs is 2. The summed E-state index contributed by atoms with van der Waals surface area (Å²) in [5.74, 6) is -0.207.